The molecule has 0 spiro atoms. The lowest BCUT2D eigenvalue weighted by Gasteiger charge is -2.08. The zero-order chi connectivity index (χ0) is 13.7. The van der Waals surface area contributed by atoms with Gasteiger partial charge in [-0.15, -0.1) is 11.3 Å². The molecule has 1 N–H and O–H groups in total. The molecule has 0 aliphatic carbocycles. The van der Waals surface area contributed by atoms with Crippen LogP contribution in [0.5, 0.6) is 5.75 Å². The zero-order valence-corrected chi connectivity index (χ0v) is 12.3. The molecular formula is C14H19N3OS. The molecule has 0 aromatic carbocycles. The number of hydrogen-bond acceptors (Lipinski definition) is 5. The first-order chi connectivity index (χ1) is 9.13. The van der Waals surface area contributed by atoms with E-state index in [0.717, 1.165) is 28.7 Å². The minimum absolute atomic E-state index is 0.464. The highest BCUT2D eigenvalue weighted by molar-refractivity contribution is 7.09. The maximum Gasteiger partial charge on any atom is 0.138 e. The van der Waals surface area contributed by atoms with Crippen LogP contribution >= 0.6 is 11.3 Å². The predicted molar refractivity (Wildman–Crippen MR) is 77.4 cm³/mol. The van der Waals surface area contributed by atoms with Crippen molar-refractivity contribution in [3.63, 3.8) is 0 Å². The van der Waals surface area contributed by atoms with Crippen molar-refractivity contribution < 1.29 is 4.74 Å². The first-order valence-corrected chi connectivity index (χ1v) is 7.23. The van der Waals surface area contributed by atoms with Crippen LogP contribution in [-0.4, -0.2) is 16.0 Å². The van der Waals surface area contributed by atoms with Crippen molar-refractivity contribution in [2.75, 3.05) is 0 Å². The Balaban J connectivity index is 1.84. The van der Waals surface area contributed by atoms with Crippen LogP contribution in [0.25, 0.3) is 0 Å². The van der Waals surface area contributed by atoms with E-state index in [2.05, 4.69) is 29.1 Å². The average Bonchev–Trinajstić information content (AvgIpc) is 2.81. The summed E-state index contributed by atoms with van der Waals surface area (Å²) < 4.78 is 5.65. The van der Waals surface area contributed by atoms with E-state index in [4.69, 9.17) is 4.74 Å². The van der Waals surface area contributed by atoms with E-state index >= 15 is 0 Å². The minimum Gasteiger partial charge on any atom is -0.486 e. The molecular weight excluding hydrogens is 258 g/mol. The monoisotopic (exact) mass is 277 g/mol. The third kappa shape index (κ3) is 4.61. The summed E-state index contributed by atoms with van der Waals surface area (Å²) in [6.07, 6.45) is 1.76. The smallest absolute Gasteiger partial charge is 0.138 e. The van der Waals surface area contributed by atoms with Gasteiger partial charge in [0.1, 0.15) is 12.4 Å². The van der Waals surface area contributed by atoms with Gasteiger partial charge in [0, 0.05) is 18.0 Å². The number of pyridine rings is 1. The van der Waals surface area contributed by atoms with E-state index in [1.165, 1.54) is 0 Å². The second-order valence-corrected chi connectivity index (χ2v) is 5.73. The van der Waals surface area contributed by atoms with Gasteiger partial charge in [-0.1, -0.05) is 13.8 Å². The zero-order valence-electron chi connectivity index (χ0n) is 11.5. The fourth-order valence-corrected chi connectivity index (χ4v) is 2.14. The van der Waals surface area contributed by atoms with Crippen LogP contribution in [0.15, 0.2) is 23.7 Å². The second kappa shape index (κ2) is 6.63. The Kier molecular flexibility index (Phi) is 4.87. The molecule has 0 atom stereocenters. The summed E-state index contributed by atoms with van der Waals surface area (Å²) in [4.78, 5) is 8.72. The largest absolute Gasteiger partial charge is 0.486 e. The summed E-state index contributed by atoms with van der Waals surface area (Å²) in [5.74, 6) is 0.777. The Labute approximate surface area is 117 Å². The minimum atomic E-state index is 0.464. The van der Waals surface area contributed by atoms with Crippen LogP contribution < -0.4 is 10.1 Å². The van der Waals surface area contributed by atoms with Crippen LogP contribution in [0.3, 0.4) is 0 Å². The number of rotatable bonds is 6. The fourth-order valence-electron chi connectivity index (χ4n) is 1.54. The molecule has 2 heterocycles. The van der Waals surface area contributed by atoms with E-state index in [9.17, 15) is 0 Å². The molecule has 2 aromatic rings. The Bertz CT molecular complexity index is 508. The summed E-state index contributed by atoms with van der Waals surface area (Å²) in [5, 5.41) is 6.41. The molecule has 4 nitrogen and oxygen atoms in total. The summed E-state index contributed by atoms with van der Waals surface area (Å²) in [6.45, 7) is 7.51. The lowest BCUT2D eigenvalue weighted by Crippen LogP contribution is -2.22. The maximum absolute atomic E-state index is 5.65. The van der Waals surface area contributed by atoms with Crippen molar-refractivity contribution in [3.8, 4) is 5.75 Å². The lowest BCUT2D eigenvalue weighted by atomic mass is 10.3. The molecule has 0 bridgehead atoms. The van der Waals surface area contributed by atoms with E-state index in [1.54, 1.807) is 17.5 Å². The van der Waals surface area contributed by atoms with Crippen molar-refractivity contribution in [2.24, 2.45) is 0 Å². The number of nitrogens with one attached hydrogen (secondary N) is 1. The summed E-state index contributed by atoms with van der Waals surface area (Å²) >= 11 is 1.64. The highest BCUT2D eigenvalue weighted by Gasteiger charge is 2.01. The SMILES string of the molecule is Cc1nc(COc2ccc(CNC(C)C)nc2)cs1. The summed E-state index contributed by atoms with van der Waals surface area (Å²) in [7, 11) is 0. The predicted octanol–water partition coefficient (Wildman–Crippen LogP) is 2.92. The first-order valence-electron chi connectivity index (χ1n) is 6.35. The number of hydrogen-bond donors (Lipinski definition) is 1. The third-order valence-corrected chi connectivity index (χ3v) is 3.36. The molecule has 0 radical (unpaired) electrons. The lowest BCUT2D eigenvalue weighted by molar-refractivity contribution is 0.300. The number of nitrogens with zero attached hydrogens (tertiary/aromatic N) is 2. The van der Waals surface area contributed by atoms with Gasteiger partial charge in [-0.2, -0.15) is 0 Å². The highest BCUT2D eigenvalue weighted by Crippen LogP contribution is 2.13. The Morgan fingerprint density at radius 1 is 1.32 bits per heavy atom. The van der Waals surface area contributed by atoms with Crippen LogP contribution in [-0.2, 0) is 13.2 Å². The van der Waals surface area contributed by atoms with E-state index < -0.39 is 0 Å². The van der Waals surface area contributed by atoms with Crippen LogP contribution in [0, 0.1) is 6.92 Å². The molecule has 0 aliphatic heterocycles. The van der Waals surface area contributed by atoms with Gasteiger partial charge in [0.2, 0.25) is 0 Å². The van der Waals surface area contributed by atoms with Gasteiger partial charge in [-0.25, -0.2) is 4.98 Å². The first kappa shape index (κ1) is 14.0. The molecule has 0 fully saturated rings. The quantitative estimate of drug-likeness (QED) is 0.882. The van der Waals surface area contributed by atoms with Crippen LogP contribution in [0.2, 0.25) is 0 Å². The molecule has 0 unspecified atom stereocenters. The molecule has 0 amide bonds. The number of aromatic nitrogens is 2. The molecule has 5 heteroatoms. The summed E-state index contributed by atoms with van der Waals surface area (Å²) in [6, 6.07) is 4.39. The normalized spacial score (nSPS) is 10.9. The number of ether oxygens (including phenoxy) is 1. The van der Waals surface area contributed by atoms with Gasteiger partial charge in [0.05, 0.1) is 22.6 Å². The van der Waals surface area contributed by atoms with Crippen molar-refractivity contribution >= 4 is 11.3 Å². The molecule has 0 saturated heterocycles. The molecule has 2 aromatic heterocycles. The number of thiazole rings is 1. The van der Waals surface area contributed by atoms with E-state index in [0.29, 0.717) is 12.6 Å². The second-order valence-electron chi connectivity index (χ2n) is 4.67. The third-order valence-electron chi connectivity index (χ3n) is 2.54. The fraction of sp³-hybridized carbons (Fsp3) is 0.429. The number of aryl methyl sites for hydroxylation is 1. The molecule has 19 heavy (non-hydrogen) atoms. The maximum atomic E-state index is 5.65. The van der Waals surface area contributed by atoms with Gasteiger partial charge < -0.3 is 10.1 Å². The average molecular weight is 277 g/mol. The van der Waals surface area contributed by atoms with Gasteiger partial charge in [-0.05, 0) is 19.1 Å². The molecule has 0 saturated carbocycles. The Morgan fingerprint density at radius 3 is 2.74 bits per heavy atom. The Morgan fingerprint density at radius 2 is 2.16 bits per heavy atom. The topological polar surface area (TPSA) is 47.0 Å². The Hall–Kier alpha value is -1.46. The van der Waals surface area contributed by atoms with E-state index in [-0.39, 0.29) is 0 Å². The van der Waals surface area contributed by atoms with Crippen LogP contribution in [0.4, 0.5) is 0 Å². The van der Waals surface area contributed by atoms with Gasteiger partial charge in [0.15, 0.2) is 0 Å². The molecule has 0 aliphatic rings. The standard InChI is InChI=1S/C14H19N3OS/c1-10(2)15-6-12-4-5-14(7-16-12)18-8-13-9-19-11(3)17-13/h4-5,7,9-10,15H,6,8H2,1-3H3. The summed E-state index contributed by atoms with van der Waals surface area (Å²) in [5.41, 5.74) is 1.98. The highest BCUT2D eigenvalue weighted by atomic mass is 32.1. The molecule has 2 rings (SSSR count). The van der Waals surface area contributed by atoms with Crippen LogP contribution in [0.1, 0.15) is 30.2 Å². The van der Waals surface area contributed by atoms with Crippen molar-refractivity contribution in [3.05, 3.63) is 40.1 Å². The molecule has 102 valence electrons. The van der Waals surface area contributed by atoms with Gasteiger partial charge in [0.25, 0.3) is 0 Å². The van der Waals surface area contributed by atoms with Crippen molar-refractivity contribution in [2.45, 2.75) is 40.0 Å². The van der Waals surface area contributed by atoms with Crippen molar-refractivity contribution in [1.29, 1.82) is 0 Å². The van der Waals surface area contributed by atoms with Gasteiger partial charge >= 0.3 is 0 Å². The van der Waals surface area contributed by atoms with Crippen molar-refractivity contribution in [1.82, 2.24) is 15.3 Å². The van der Waals surface area contributed by atoms with Gasteiger partial charge in [-0.3, -0.25) is 4.98 Å². The van der Waals surface area contributed by atoms with E-state index in [1.807, 2.05) is 24.4 Å².